The SMILES string of the molecule is C=CC(=O)NCCNc1ccc2cc3ccccc3cc2c1. The molecule has 0 heterocycles. The minimum Gasteiger partial charge on any atom is -0.383 e. The van der Waals surface area contributed by atoms with E-state index in [0.29, 0.717) is 13.1 Å². The minimum atomic E-state index is -0.146. The van der Waals surface area contributed by atoms with Gasteiger partial charge in [-0.2, -0.15) is 0 Å². The zero-order valence-electron chi connectivity index (χ0n) is 12.3. The van der Waals surface area contributed by atoms with Crippen LogP contribution in [0, 0.1) is 0 Å². The van der Waals surface area contributed by atoms with Crippen LogP contribution in [0.4, 0.5) is 5.69 Å². The van der Waals surface area contributed by atoms with E-state index in [0.717, 1.165) is 5.69 Å². The van der Waals surface area contributed by atoms with Crippen LogP contribution in [-0.2, 0) is 4.79 Å². The summed E-state index contributed by atoms with van der Waals surface area (Å²) in [5.74, 6) is -0.146. The van der Waals surface area contributed by atoms with Crippen LogP contribution >= 0.6 is 0 Å². The van der Waals surface area contributed by atoms with Crippen LogP contribution in [0.1, 0.15) is 0 Å². The summed E-state index contributed by atoms with van der Waals surface area (Å²) in [7, 11) is 0. The average Bonchev–Trinajstić information content (AvgIpc) is 2.56. The van der Waals surface area contributed by atoms with Crippen LogP contribution < -0.4 is 10.6 Å². The second-order valence-corrected chi connectivity index (χ2v) is 5.18. The van der Waals surface area contributed by atoms with Gasteiger partial charge in [0.2, 0.25) is 5.91 Å². The lowest BCUT2D eigenvalue weighted by Gasteiger charge is -2.09. The molecule has 3 heteroatoms. The Morgan fingerprint density at radius 1 is 0.909 bits per heavy atom. The summed E-state index contributed by atoms with van der Waals surface area (Å²) < 4.78 is 0. The molecule has 3 aromatic rings. The third kappa shape index (κ3) is 3.09. The maximum Gasteiger partial charge on any atom is 0.243 e. The van der Waals surface area contributed by atoms with E-state index < -0.39 is 0 Å². The summed E-state index contributed by atoms with van der Waals surface area (Å²) in [5.41, 5.74) is 1.05. The molecule has 0 aliphatic carbocycles. The van der Waals surface area contributed by atoms with Crippen LogP contribution in [0.5, 0.6) is 0 Å². The van der Waals surface area contributed by atoms with Gasteiger partial charge in [-0.25, -0.2) is 0 Å². The molecule has 0 saturated heterocycles. The first-order valence-electron chi connectivity index (χ1n) is 7.33. The Kier molecular flexibility index (Phi) is 4.05. The lowest BCUT2D eigenvalue weighted by Crippen LogP contribution is -2.26. The lowest BCUT2D eigenvalue weighted by molar-refractivity contribution is -0.116. The van der Waals surface area contributed by atoms with Gasteiger partial charge in [-0.3, -0.25) is 4.79 Å². The van der Waals surface area contributed by atoms with Crippen molar-refractivity contribution in [1.29, 1.82) is 0 Å². The van der Waals surface area contributed by atoms with E-state index in [1.54, 1.807) is 0 Å². The van der Waals surface area contributed by atoms with Crippen molar-refractivity contribution in [2.75, 3.05) is 18.4 Å². The average molecular weight is 290 g/mol. The van der Waals surface area contributed by atoms with Crippen LogP contribution in [0.3, 0.4) is 0 Å². The zero-order valence-corrected chi connectivity index (χ0v) is 12.3. The Bertz CT molecular complexity index is 839. The number of benzene rings is 3. The second-order valence-electron chi connectivity index (χ2n) is 5.18. The van der Waals surface area contributed by atoms with Gasteiger partial charge in [0.05, 0.1) is 0 Å². The highest BCUT2D eigenvalue weighted by Crippen LogP contribution is 2.25. The Morgan fingerprint density at radius 3 is 2.32 bits per heavy atom. The predicted molar refractivity (Wildman–Crippen MR) is 93.2 cm³/mol. The number of fused-ring (bicyclic) bond motifs is 2. The summed E-state index contributed by atoms with van der Waals surface area (Å²) in [6.07, 6.45) is 1.28. The standard InChI is InChI=1S/C19H18N2O/c1-2-19(22)21-10-9-20-18-8-7-16-11-14-5-3-4-6-15(14)12-17(16)13-18/h2-8,11-13,20H,1,9-10H2,(H,21,22). The summed E-state index contributed by atoms with van der Waals surface area (Å²) in [5, 5.41) is 11.0. The number of hydrogen-bond acceptors (Lipinski definition) is 2. The molecule has 0 fully saturated rings. The summed E-state index contributed by atoms with van der Waals surface area (Å²) in [6, 6.07) is 19.1. The van der Waals surface area contributed by atoms with E-state index in [1.165, 1.54) is 27.6 Å². The predicted octanol–water partition coefficient (Wildman–Crippen LogP) is 3.71. The Hall–Kier alpha value is -2.81. The molecule has 0 unspecified atom stereocenters. The highest BCUT2D eigenvalue weighted by Gasteiger charge is 2.00. The van der Waals surface area contributed by atoms with Gasteiger partial charge < -0.3 is 10.6 Å². The van der Waals surface area contributed by atoms with Gasteiger partial charge in [0.1, 0.15) is 0 Å². The fourth-order valence-electron chi connectivity index (χ4n) is 2.51. The van der Waals surface area contributed by atoms with Gasteiger partial charge in [0, 0.05) is 18.8 Å². The summed E-state index contributed by atoms with van der Waals surface area (Å²) >= 11 is 0. The van der Waals surface area contributed by atoms with E-state index in [4.69, 9.17) is 0 Å². The number of hydrogen-bond donors (Lipinski definition) is 2. The number of carbonyl (C=O) groups is 1. The molecule has 1 amide bonds. The Balaban J connectivity index is 1.76. The molecule has 0 bridgehead atoms. The molecule has 3 aromatic carbocycles. The Morgan fingerprint density at radius 2 is 1.59 bits per heavy atom. The first-order valence-corrected chi connectivity index (χ1v) is 7.33. The zero-order chi connectivity index (χ0) is 15.4. The van der Waals surface area contributed by atoms with E-state index >= 15 is 0 Å². The van der Waals surface area contributed by atoms with E-state index in [-0.39, 0.29) is 5.91 Å². The number of carbonyl (C=O) groups excluding carboxylic acids is 1. The molecule has 3 nitrogen and oxygen atoms in total. The largest absolute Gasteiger partial charge is 0.383 e. The topological polar surface area (TPSA) is 41.1 Å². The first-order chi connectivity index (χ1) is 10.8. The monoisotopic (exact) mass is 290 g/mol. The number of amides is 1. The molecule has 3 rings (SSSR count). The molecule has 0 radical (unpaired) electrons. The highest BCUT2D eigenvalue weighted by atomic mass is 16.1. The van der Waals surface area contributed by atoms with E-state index in [2.05, 4.69) is 71.8 Å². The van der Waals surface area contributed by atoms with Crippen molar-refractivity contribution < 1.29 is 4.79 Å². The molecular formula is C19H18N2O. The molecule has 0 aliphatic rings. The Labute approximate surface area is 129 Å². The maximum absolute atomic E-state index is 11.1. The van der Waals surface area contributed by atoms with Gasteiger partial charge in [-0.15, -0.1) is 0 Å². The fourth-order valence-corrected chi connectivity index (χ4v) is 2.51. The van der Waals surface area contributed by atoms with Crippen LogP contribution in [0.15, 0.2) is 67.3 Å². The molecule has 0 saturated carbocycles. The highest BCUT2D eigenvalue weighted by molar-refractivity contribution is 5.99. The third-order valence-corrected chi connectivity index (χ3v) is 3.64. The van der Waals surface area contributed by atoms with Crippen molar-refractivity contribution in [2.45, 2.75) is 0 Å². The minimum absolute atomic E-state index is 0.146. The molecule has 110 valence electrons. The third-order valence-electron chi connectivity index (χ3n) is 3.64. The van der Waals surface area contributed by atoms with E-state index in [9.17, 15) is 4.79 Å². The maximum atomic E-state index is 11.1. The van der Waals surface area contributed by atoms with Crippen LogP contribution in [-0.4, -0.2) is 19.0 Å². The number of anilines is 1. The first kappa shape index (κ1) is 14.1. The van der Waals surface area contributed by atoms with Gasteiger partial charge in [-0.05, 0) is 51.9 Å². The molecule has 0 atom stereocenters. The molecule has 0 aromatic heterocycles. The molecule has 2 N–H and O–H groups in total. The fraction of sp³-hybridized carbons (Fsp3) is 0.105. The molecule has 22 heavy (non-hydrogen) atoms. The number of nitrogens with one attached hydrogen (secondary N) is 2. The van der Waals surface area contributed by atoms with Gasteiger partial charge in [0.15, 0.2) is 0 Å². The molecule has 0 spiro atoms. The van der Waals surface area contributed by atoms with Crippen molar-refractivity contribution >= 4 is 33.1 Å². The number of rotatable bonds is 5. The van der Waals surface area contributed by atoms with Crippen molar-refractivity contribution in [3.05, 3.63) is 67.3 Å². The van der Waals surface area contributed by atoms with Gasteiger partial charge in [0.25, 0.3) is 0 Å². The van der Waals surface area contributed by atoms with Crippen molar-refractivity contribution in [3.63, 3.8) is 0 Å². The quantitative estimate of drug-likeness (QED) is 0.427. The van der Waals surface area contributed by atoms with Crippen molar-refractivity contribution in [2.24, 2.45) is 0 Å². The second kappa shape index (κ2) is 6.31. The van der Waals surface area contributed by atoms with Gasteiger partial charge >= 0.3 is 0 Å². The summed E-state index contributed by atoms with van der Waals surface area (Å²) in [6.45, 7) is 4.67. The van der Waals surface area contributed by atoms with Crippen LogP contribution in [0.2, 0.25) is 0 Å². The van der Waals surface area contributed by atoms with E-state index in [1.807, 2.05) is 0 Å². The smallest absolute Gasteiger partial charge is 0.243 e. The normalized spacial score (nSPS) is 10.5. The molecular weight excluding hydrogens is 272 g/mol. The summed E-state index contributed by atoms with van der Waals surface area (Å²) in [4.78, 5) is 11.1. The van der Waals surface area contributed by atoms with Gasteiger partial charge in [-0.1, -0.05) is 36.9 Å². The van der Waals surface area contributed by atoms with Crippen molar-refractivity contribution in [1.82, 2.24) is 5.32 Å². The van der Waals surface area contributed by atoms with Crippen molar-refractivity contribution in [3.8, 4) is 0 Å². The lowest BCUT2D eigenvalue weighted by atomic mass is 10.0. The van der Waals surface area contributed by atoms with Crippen LogP contribution in [0.25, 0.3) is 21.5 Å². The molecule has 0 aliphatic heterocycles.